The molecule has 5 heterocycles. The first-order valence-corrected chi connectivity index (χ1v) is 10.6. The normalized spacial score (nSPS) is 31.8. The minimum Gasteiger partial charge on any atom is -0.497 e. The predicted molar refractivity (Wildman–Crippen MR) is 105 cm³/mol. The fourth-order valence-corrected chi connectivity index (χ4v) is 5.99. The molecule has 0 spiro atoms. The summed E-state index contributed by atoms with van der Waals surface area (Å²) in [5.41, 5.74) is 1.92. The van der Waals surface area contributed by atoms with E-state index < -0.39 is 0 Å². The minimum absolute atomic E-state index is 0.110. The number of aromatic nitrogens is 1. The zero-order valence-electron chi connectivity index (χ0n) is 15.8. The van der Waals surface area contributed by atoms with Crippen LogP contribution in [0.3, 0.4) is 0 Å². The molecule has 2 bridgehead atoms. The maximum atomic E-state index is 13.3. The highest BCUT2D eigenvalue weighted by molar-refractivity contribution is 7.09. The summed E-state index contributed by atoms with van der Waals surface area (Å²) in [7, 11) is 1.70. The van der Waals surface area contributed by atoms with Gasteiger partial charge in [-0.2, -0.15) is 0 Å². The minimum atomic E-state index is 0.110. The first-order valence-electron chi connectivity index (χ1n) is 9.77. The van der Waals surface area contributed by atoms with E-state index in [2.05, 4.69) is 26.9 Å². The topological polar surface area (TPSA) is 45.7 Å². The molecule has 0 N–H and O–H groups in total. The van der Waals surface area contributed by atoms with Crippen LogP contribution in [0.15, 0.2) is 29.6 Å². The third-order valence-electron chi connectivity index (χ3n) is 6.64. The van der Waals surface area contributed by atoms with E-state index in [-0.39, 0.29) is 5.91 Å². The van der Waals surface area contributed by atoms with Crippen LogP contribution in [0.1, 0.15) is 39.8 Å². The fraction of sp³-hybridized carbons (Fsp3) is 0.524. The highest BCUT2D eigenvalue weighted by atomic mass is 32.1. The van der Waals surface area contributed by atoms with Crippen LogP contribution < -0.4 is 4.74 Å². The zero-order chi connectivity index (χ0) is 18.5. The van der Waals surface area contributed by atoms with Crippen LogP contribution in [0.5, 0.6) is 5.75 Å². The van der Waals surface area contributed by atoms with Crippen LogP contribution in [0.2, 0.25) is 0 Å². The van der Waals surface area contributed by atoms with Gasteiger partial charge in [0.05, 0.1) is 18.2 Å². The summed E-state index contributed by atoms with van der Waals surface area (Å²) in [4.78, 5) is 22.5. The van der Waals surface area contributed by atoms with Crippen molar-refractivity contribution >= 4 is 17.2 Å². The SMILES string of the molecule is COc1ccc([C@H]2CN(C(=O)c3csc(C)n3)[C@H]3C4CCN(CC4)[C@@H]23)cc1. The second-order valence-corrected chi connectivity index (χ2v) is 9.01. The Labute approximate surface area is 164 Å². The number of likely N-dealkylation sites (tertiary alicyclic amines) is 1. The standard InChI is InChI=1S/C21H25N3O2S/c1-13-22-18(12-27-13)21(25)24-11-17(14-3-5-16(26-2)6-4-14)20-19(24)15-7-9-23(20)10-8-15/h3-6,12,15,17,19-20H,7-11H2,1-2H3/t17-,19+,20+/m1/s1. The molecule has 4 aliphatic heterocycles. The Morgan fingerprint density at radius 3 is 2.56 bits per heavy atom. The van der Waals surface area contributed by atoms with Gasteiger partial charge in [0.25, 0.3) is 5.91 Å². The molecule has 2 aromatic rings. The molecule has 4 saturated heterocycles. The number of hydrogen-bond donors (Lipinski definition) is 0. The average molecular weight is 384 g/mol. The molecule has 0 unspecified atom stereocenters. The molecule has 1 amide bonds. The molecule has 0 saturated carbocycles. The average Bonchev–Trinajstić information content (AvgIpc) is 3.34. The van der Waals surface area contributed by atoms with Crippen molar-refractivity contribution in [3.63, 3.8) is 0 Å². The lowest BCUT2D eigenvalue weighted by atomic mass is 9.75. The van der Waals surface area contributed by atoms with E-state index in [1.54, 1.807) is 18.4 Å². The largest absolute Gasteiger partial charge is 0.497 e. The first-order chi connectivity index (χ1) is 13.2. The van der Waals surface area contributed by atoms with Crippen molar-refractivity contribution in [1.29, 1.82) is 0 Å². The van der Waals surface area contributed by atoms with Crippen molar-refractivity contribution in [1.82, 2.24) is 14.8 Å². The van der Waals surface area contributed by atoms with Gasteiger partial charge in [-0.25, -0.2) is 4.98 Å². The Kier molecular flexibility index (Phi) is 4.20. The van der Waals surface area contributed by atoms with E-state index in [1.807, 2.05) is 24.4 Å². The van der Waals surface area contributed by atoms with Gasteiger partial charge in [0.1, 0.15) is 11.4 Å². The molecular weight excluding hydrogens is 358 g/mol. The molecule has 4 aliphatic rings. The third-order valence-corrected chi connectivity index (χ3v) is 7.41. The highest BCUT2D eigenvalue weighted by Crippen LogP contribution is 2.47. The second kappa shape index (κ2) is 6.60. The summed E-state index contributed by atoms with van der Waals surface area (Å²) in [6, 6.07) is 9.16. The van der Waals surface area contributed by atoms with Gasteiger partial charge in [0.15, 0.2) is 0 Å². The maximum Gasteiger partial charge on any atom is 0.273 e. The Bertz CT molecular complexity index is 841. The van der Waals surface area contributed by atoms with Gasteiger partial charge in [-0.05, 0) is 56.5 Å². The van der Waals surface area contributed by atoms with Crippen LogP contribution in [-0.2, 0) is 0 Å². The number of benzene rings is 1. The Balaban J connectivity index is 1.50. The highest BCUT2D eigenvalue weighted by Gasteiger charge is 2.54. The van der Waals surface area contributed by atoms with Gasteiger partial charge < -0.3 is 9.64 Å². The van der Waals surface area contributed by atoms with E-state index >= 15 is 0 Å². The maximum absolute atomic E-state index is 13.3. The van der Waals surface area contributed by atoms with E-state index in [9.17, 15) is 4.79 Å². The lowest BCUT2D eigenvalue weighted by Crippen LogP contribution is -2.60. The number of piperidine rings is 3. The number of aryl methyl sites for hydroxylation is 1. The van der Waals surface area contributed by atoms with Crippen molar-refractivity contribution in [2.75, 3.05) is 26.7 Å². The molecule has 6 rings (SSSR count). The molecule has 6 heteroatoms. The van der Waals surface area contributed by atoms with Crippen LogP contribution >= 0.6 is 11.3 Å². The Hall–Kier alpha value is -1.92. The number of rotatable bonds is 3. The van der Waals surface area contributed by atoms with Crippen LogP contribution in [0.4, 0.5) is 0 Å². The van der Waals surface area contributed by atoms with Crippen molar-refractivity contribution in [3.05, 3.63) is 45.9 Å². The van der Waals surface area contributed by atoms with E-state index in [0.29, 0.717) is 29.6 Å². The van der Waals surface area contributed by atoms with Crippen LogP contribution in [0, 0.1) is 12.8 Å². The van der Waals surface area contributed by atoms with Crippen LogP contribution in [-0.4, -0.2) is 59.5 Å². The molecule has 1 aromatic carbocycles. The molecular formula is C21H25N3O2S. The summed E-state index contributed by atoms with van der Waals surface area (Å²) in [6.45, 7) is 5.07. The Morgan fingerprint density at radius 2 is 1.93 bits per heavy atom. The van der Waals surface area contributed by atoms with Gasteiger partial charge in [0, 0.05) is 23.9 Å². The monoisotopic (exact) mass is 383 g/mol. The van der Waals surface area contributed by atoms with Gasteiger partial charge in [-0.15, -0.1) is 11.3 Å². The number of amides is 1. The third kappa shape index (κ3) is 2.77. The first kappa shape index (κ1) is 17.2. The van der Waals surface area contributed by atoms with Crippen LogP contribution in [0.25, 0.3) is 0 Å². The number of carbonyl (C=O) groups is 1. The zero-order valence-corrected chi connectivity index (χ0v) is 16.6. The molecule has 3 atom stereocenters. The summed E-state index contributed by atoms with van der Waals surface area (Å²) < 4.78 is 5.33. The fourth-order valence-electron chi connectivity index (χ4n) is 5.41. The van der Waals surface area contributed by atoms with E-state index in [0.717, 1.165) is 30.4 Å². The van der Waals surface area contributed by atoms with Gasteiger partial charge in [-0.3, -0.25) is 9.69 Å². The van der Waals surface area contributed by atoms with Crippen molar-refractivity contribution < 1.29 is 9.53 Å². The van der Waals surface area contributed by atoms with E-state index in [1.165, 1.54) is 18.4 Å². The summed E-state index contributed by atoms with van der Waals surface area (Å²) >= 11 is 1.55. The number of thiazole rings is 1. The van der Waals surface area contributed by atoms with Gasteiger partial charge in [0.2, 0.25) is 0 Å². The molecule has 5 nitrogen and oxygen atoms in total. The van der Waals surface area contributed by atoms with Crippen molar-refractivity contribution in [2.45, 2.75) is 37.8 Å². The number of fused-ring (bicyclic) bond motifs is 2. The predicted octanol–water partition coefficient (Wildman–Crippen LogP) is 3.16. The number of nitrogens with zero attached hydrogens (tertiary/aromatic N) is 3. The summed E-state index contributed by atoms with van der Waals surface area (Å²) in [5, 5.41) is 2.86. The number of ether oxygens (including phenoxy) is 1. The smallest absolute Gasteiger partial charge is 0.273 e. The lowest BCUT2D eigenvalue weighted by molar-refractivity contribution is -0.00356. The number of hydrogen-bond acceptors (Lipinski definition) is 5. The molecule has 0 radical (unpaired) electrons. The second-order valence-electron chi connectivity index (χ2n) is 7.94. The van der Waals surface area contributed by atoms with Crippen molar-refractivity contribution in [2.24, 2.45) is 5.92 Å². The lowest BCUT2D eigenvalue weighted by Gasteiger charge is -2.51. The van der Waals surface area contributed by atoms with E-state index in [4.69, 9.17) is 4.74 Å². The quantitative estimate of drug-likeness (QED) is 0.817. The molecule has 1 aromatic heterocycles. The summed E-state index contributed by atoms with van der Waals surface area (Å²) in [6.07, 6.45) is 2.41. The summed E-state index contributed by atoms with van der Waals surface area (Å²) in [5.74, 6) is 1.96. The number of methoxy groups -OCH3 is 1. The Morgan fingerprint density at radius 1 is 1.19 bits per heavy atom. The van der Waals surface area contributed by atoms with Gasteiger partial charge in [-0.1, -0.05) is 12.1 Å². The molecule has 142 valence electrons. The molecule has 0 aliphatic carbocycles. The molecule has 4 fully saturated rings. The molecule has 27 heavy (non-hydrogen) atoms. The van der Waals surface area contributed by atoms with Crippen molar-refractivity contribution in [3.8, 4) is 5.75 Å². The number of carbonyl (C=O) groups excluding carboxylic acids is 1. The van der Waals surface area contributed by atoms with Gasteiger partial charge >= 0.3 is 0 Å².